The summed E-state index contributed by atoms with van der Waals surface area (Å²) in [6.45, 7) is 0.774. The number of anilines is 1. The minimum absolute atomic E-state index is 0.732. The van der Waals surface area contributed by atoms with Crippen molar-refractivity contribution >= 4 is 5.82 Å². The van der Waals surface area contributed by atoms with Gasteiger partial charge in [-0.15, -0.1) is 0 Å². The van der Waals surface area contributed by atoms with Crippen molar-refractivity contribution in [2.24, 2.45) is 5.84 Å². The number of aryl methyl sites for hydroxylation is 1. The molecule has 94 valence electrons. The zero-order valence-electron chi connectivity index (χ0n) is 10.3. The van der Waals surface area contributed by atoms with Gasteiger partial charge in [0.15, 0.2) is 0 Å². The van der Waals surface area contributed by atoms with E-state index in [0.717, 1.165) is 30.8 Å². The lowest BCUT2D eigenvalue weighted by atomic mass is 10.0. The number of nitrogens with one attached hydrogen (secondary N) is 1. The number of aromatic nitrogens is 3. The largest absolute Gasteiger partial charge is 0.330 e. The van der Waals surface area contributed by atoms with E-state index in [2.05, 4.69) is 20.0 Å². The lowest BCUT2D eigenvalue weighted by Crippen LogP contribution is -2.14. The van der Waals surface area contributed by atoms with Crippen molar-refractivity contribution in [2.75, 3.05) is 5.43 Å². The highest BCUT2D eigenvalue weighted by atomic mass is 15.3. The molecule has 3 N–H and O–H groups in total. The van der Waals surface area contributed by atoms with Gasteiger partial charge in [0, 0.05) is 17.5 Å². The smallest absolute Gasteiger partial charge is 0.144 e. The van der Waals surface area contributed by atoms with Gasteiger partial charge < -0.3 is 9.99 Å². The first-order valence-electron chi connectivity index (χ1n) is 6.32. The van der Waals surface area contributed by atoms with Crippen LogP contribution in [0.2, 0.25) is 0 Å². The van der Waals surface area contributed by atoms with E-state index in [1.807, 2.05) is 18.5 Å². The molecule has 2 aromatic heterocycles. The fourth-order valence-corrected chi connectivity index (χ4v) is 2.55. The lowest BCUT2D eigenvalue weighted by molar-refractivity contribution is 0.628. The number of nitrogens with zero attached hydrogens (tertiary/aromatic N) is 3. The molecule has 1 aliphatic rings. The third-order valence-corrected chi connectivity index (χ3v) is 3.48. The zero-order valence-corrected chi connectivity index (χ0v) is 10.3. The maximum atomic E-state index is 5.48. The number of nitrogens with two attached hydrogens (primary N) is 1. The highest BCUT2D eigenvalue weighted by molar-refractivity contribution is 5.42. The van der Waals surface area contributed by atoms with Gasteiger partial charge in [0.2, 0.25) is 0 Å². The molecule has 0 radical (unpaired) electrons. The Hall–Kier alpha value is -1.88. The summed E-state index contributed by atoms with van der Waals surface area (Å²) in [4.78, 5) is 8.72. The molecular formula is C13H17N5. The molecule has 0 amide bonds. The molecule has 0 saturated heterocycles. The summed E-state index contributed by atoms with van der Waals surface area (Å²) < 4.78 is 2.21. The first-order valence-corrected chi connectivity index (χ1v) is 6.32. The minimum atomic E-state index is 0.732. The van der Waals surface area contributed by atoms with E-state index >= 15 is 0 Å². The molecule has 0 bridgehead atoms. The molecule has 0 atom stereocenters. The van der Waals surface area contributed by atoms with E-state index in [4.69, 9.17) is 5.84 Å². The molecule has 0 unspecified atom stereocenters. The Balaban J connectivity index is 1.90. The predicted octanol–water partition coefficient (Wildman–Crippen LogP) is 1.49. The van der Waals surface area contributed by atoms with Gasteiger partial charge in [-0.25, -0.2) is 15.8 Å². The van der Waals surface area contributed by atoms with Crippen LogP contribution in [-0.4, -0.2) is 14.5 Å². The third kappa shape index (κ3) is 1.97. The summed E-state index contributed by atoms with van der Waals surface area (Å²) in [5.41, 5.74) is 6.36. The molecule has 2 heterocycles. The van der Waals surface area contributed by atoms with E-state index in [0.29, 0.717) is 0 Å². The zero-order chi connectivity index (χ0) is 12.4. The summed E-state index contributed by atoms with van der Waals surface area (Å²) in [5.74, 6) is 6.21. The fourth-order valence-electron chi connectivity index (χ4n) is 2.55. The topological polar surface area (TPSA) is 68.8 Å². The summed E-state index contributed by atoms with van der Waals surface area (Å²) >= 11 is 0. The standard InChI is InChI=1S/C13H17N5/c14-17-13-10(4-3-7-15-13)8-18-9-16-11-5-1-2-6-12(11)18/h3-4,7,9H,1-2,5-6,8,14H2,(H,15,17). The number of nitrogen functional groups attached to an aromatic ring is 1. The van der Waals surface area contributed by atoms with Gasteiger partial charge in [-0.3, -0.25) is 0 Å². The molecular weight excluding hydrogens is 226 g/mol. The van der Waals surface area contributed by atoms with Crippen LogP contribution >= 0.6 is 0 Å². The van der Waals surface area contributed by atoms with Crippen LogP contribution < -0.4 is 11.3 Å². The normalized spacial score (nSPS) is 14.3. The minimum Gasteiger partial charge on any atom is -0.330 e. The van der Waals surface area contributed by atoms with Gasteiger partial charge in [-0.05, 0) is 31.7 Å². The van der Waals surface area contributed by atoms with Gasteiger partial charge in [-0.1, -0.05) is 6.07 Å². The van der Waals surface area contributed by atoms with E-state index in [9.17, 15) is 0 Å². The SMILES string of the molecule is NNc1ncccc1Cn1cnc2c1CCCC2. The summed E-state index contributed by atoms with van der Waals surface area (Å²) in [7, 11) is 0. The number of fused-ring (bicyclic) bond motifs is 1. The molecule has 0 spiro atoms. The van der Waals surface area contributed by atoms with E-state index in [-0.39, 0.29) is 0 Å². The summed E-state index contributed by atoms with van der Waals surface area (Å²) in [6, 6.07) is 3.97. The maximum Gasteiger partial charge on any atom is 0.144 e. The molecule has 18 heavy (non-hydrogen) atoms. The van der Waals surface area contributed by atoms with Crippen LogP contribution in [0.5, 0.6) is 0 Å². The monoisotopic (exact) mass is 243 g/mol. The maximum absolute atomic E-state index is 5.48. The Morgan fingerprint density at radius 1 is 1.28 bits per heavy atom. The van der Waals surface area contributed by atoms with Gasteiger partial charge in [-0.2, -0.15) is 0 Å². The Morgan fingerprint density at radius 2 is 2.17 bits per heavy atom. The van der Waals surface area contributed by atoms with Crippen molar-refractivity contribution in [1.82, 2.24) is 14.5 Å². The highest BCUT2D eigenvalue weighted by Crippen LogP contribution is 2.21. The van der Waals surface area contributed by atoms with Crippen LogP contribution in [0, 0.1) is 0 Å². The molecule has 5 heteroatoms. The van der Waals surface area contributed by atoms with Crippen molar-refractivity contribution in [2.45, 2.75) is 32.2 Å². The number of rotatable bonds is 3. The molecule has 2 aromatic rings. The number of hydrazine groups is 1. The van der Waals surface area contributed by atoms with E-state index in [1.165, 1.54) is 24.2 Å². The van der Waals surface area contributed by atoms with Crippen LogP contribution in [0.1, 0.15) is 29.8 Å². The molecule has 3 rings (SSSR count). The average Bonchev–Trinajstić information content (AvgIpc) is 2.83. The van der Waals surface area contributed by atoms with Crippen molar-refractivity contribution in [1.29, 1.82) is 0 Å². The molecule has 0 fully saturated rings. The number of hydrogen-bond acceptors (Lipinski definition) is 4. The summed E-state index contributed by atoms with van der Waals surface area (Å²) in [5, 5.41) is 0. The molecule has 5 nitrogen and oxygen atoms in total. The van der Waals surface area contributed by atoms with Crippen LogP contribution in [0.4, 0.5) is 5.82 Å². The van der Waals surface area contributed by atoms with Crippen molar-refractivity contribution in [3.8, 4) is 0 Å². The first-order chi connectivity index (χ1) is 8.88. The quantitative estimate of drug-likeness (QED) is 0.633. The molecule has 0 aromatic carbocycles. The molecule has 0 aliphatic heterocycles. The van der Waals surface area contributed by atoms with Crippen molar-refractivity contribution in [3.63, 3.8) is 0 Å². The number of pyridine rings is 1. The Morgan fingerprint density at radius 3 is 3.06 bits per heavy atom. The van der Waals surface area contributed by atoms with E-state index < -0.39 is 0 Å². The second kappa shape index (κ2) is 4.78. The second-order valence-corrected chi connectivity index (χ2v) is 4.63. The number of hydrogen-bond donors (Lipinski definition) is 2. The van der Waals surface area contributed by atoms with Gasteiger partial charge in [0.05, 0.1) is 18.6 Å². The summed E-state index contributed by atoms with van der Waals surface area (Å²) in [6.07, 6.45) is 8.42. The van der Waals surface area contributed by atoms with Crippen LogP contribution in [0.15, 0.2) is 24.7 Å². The predicted molar refractivity (Wildman–Crippen MR) is 70.0 cm³/mol. The number of imidazole rings is 1. The molecule has 1 aliphatic carbocycles. The molecule has 0 saturated carbocycles. The average molecular weight is 243 g/mol. The van der Waals surface area contributed by atoms with Crippen molar-refractivity contribution in [3.05, 3.63) is 41.6 Å². The van der Waals surface area contributed by atoms with Gasteiger partial charge in [0.1, 0.15) is 5.82 Å². The Bertz CT molecular complexity index is 546. The van der Waals surface area contributed by atoms with Crippen LogP contribution in [-0.2, 0) is 19.4 Å². The fraction of sp³-hybridized carbons (Fsp3) is 0.385. The third-order valence-electron chi connectivity index (χ3n) is 3.48. The Kier molecular flexibility index (Phi) is 2.98. The van der Waals surface area contributed by atoms with Crippen LogP contribution in [0.25, 0.3) is 0 Å². The lowest BCUT2D eigenvalue weighted by Gasteiger charge is -2.15. The van der Waals surface area contributed by atoms with Gasteiger partial charge >= 0.3 is 0 Å². The van der Waals surface area contributed by atoms with Crippen molar-refractivity contribution < 1.29 is 0 Å². The highest BCUT2D eigenvalue weighted by Gasteiger charge is 2.15. The van der Waals surface area contributed by atoms with E-state index in [1.54, 1.807) is 6.20 Å². The second-order valence-electron chi connectivity index (χ2n) is 4.63. The van der Waals surface area contributed by atoms with Gasteiger partial charge in [0.25, 0.3) is 0 Å². The Labute approximate surface area is 106 Å². The first kappa shape index (κ1) is 11.2. The van der Waals surface area contributed by atoms with Crippen LogP contribution in [0.3, 0.4) is 0 Å².